The number of imidazole rings is 1. The molecule has 2 rings (SSSR count). The van der Waals surface area contributed by atoms with Crippen LogP contribution in [0.3, 0.4) is 0 Å². The average Bonchev–Trinajstić information content (AvgIpc) is 2.74. The first-order chi connectivity index (χ1) is 8.99. The summed E-state index contributed by atoms with van der Waals surface area (Å²) in [5.41, 5.74) is 2.12. The van der Waals surface area contributed by atoms with Crippen LogP contribution in [0.5, 0.6) is 0 Å². The monoisotopic (exact) mass is 261 g/mol. The molecule has 6 heteroatoms. The maximum atomic E-state index is 12.0. The summed E-state index contributed by atoms with van der Waals surface area (Å²) in [5.74, 6) is -2.96. The molecule has 1 unspecified atom stereocenters. The molecule has 0 saturated carbocycles. The SMILES string of the molecule is CC(C)C(C(=O)O)C(=O)Nc1ccc2nc[nH]c2c1. The Bertz CT molecular complexity index is 618. The third-order valence-corrected chi connectivity index (χ3v) is 2.90. The summed E-state index contributed by atoms with van der Waals surface area (Å²) in [5, 5.41) is 11.7. The highest BCUT2D eigenvalue weighted by molar-refractivity contribution is 6.04. The molecule has 1 amide bonds. The number of hydrogen-bond acceptors (Lipinski definition) is 3. The van der Waals surface area contributed by atoms with Crippen molar-refractivity contribution in [2.45, 2.75) is 13.8 Å². The molecule has 0 bridgehead atoms. The van der Waals surface area contributed by atoms with E-state index in [0.717, 1.165) is 11.0 Å². The van der Waals surface area contributed by atoms with Gasteiger partial charge in [0.2, 0.25) is 5.91 Å². The van der Waals surface area contributed by atoms with Crippen molar-refractivity contribution in [2.75, 3.05) is 5.32 Å². The fourth-order valence-corrected chi connectivity index (χ4v) is 1.93. The summed E-state index contributed by atoms with van der Waals surface area (Å²) in [4.78, 5) is 30.0. The lowest BCUT2D eigenvalue weighted by Gasteiger charge is -2.15. The van der Waals surface area contributed by atoms with Crippen LogP contribution in [0.1, 0.15) is 13.8 Å². The number of carbonyl (C=O) groups excluding carboxylic acids is 1. The number of hydrogen-bond donors (Lipinski definition) is 3. The molecule has 0 aliphatic heterocycles. The largest absolute Gasteiger partial charge is 0.481 e. The van der Waals surface area contributed by atoms with Crippen LogP contribution in [0.15, 0.2) is 24.5 Å². The van der Waals surface area contributed by atoms with Crippen molar-refractivity contribution in [1.29, 1.82) is 0 Å². The second-order valence-corrected chi connectivity index (χ2v) is 4.68. The van der Waals surface area contributed by atoms with Gasteiger partial charge in [0.05, 0.1) is 17.4 Å². The number of aromatic nitrogens is 2. The van der Waals surface area contributed by atoms with E-state index in [-0.39, 0.29) is 5.92 Å². The van der Waals surface area contributed by atoms with Gasteiger partial charge in [0, 0.05) is 5.69 Å². The average molecular weight is 261 g/mol. The molecule has 2 aromatic rings. The zero-order chi connectivity index (χ0) is 14.0. The Balaban J connectivity index is 2.19. The summed E-state index contributed by atoms with van der Waals surface area (Å²) < 4.78 is 0. The zero-order valence-electron chi connectivity index (χ0n) is 10.7. The van der Waals surface area contributed by atoms with E-state index in [1.807, 2.05) is 0 Å². The van der Waals surface area contributed by atoms with E-state index >= 15 is 0 Å². The molecule has 0 aliphatic rings. The molecule has 1 atom stereocenters. The first-order valence-electron chi connectivity index (χ1n) is 5.96. The summed E-state index contributed by atoms with van der Waals surface area (Å²) in [6.45, 7) is 3.41. The molecule has 1 aromatic carbocycles. The van der Waals surface area contributed by atoms with Gasteiger partial charge in [0.15, 0.2) is 0 Å². The third-order valence-electron chi connectivity index (χ3n) is 2.90. The molecule has 3 N–H and O–H groups in total. The molecule has 0 fully saturated rings. The van der Waals surface area contributed by atoms with Gasteiger partial charge in [0.25, 0.3) is 0 Å². The summed E-state index contributed by atoms with van der Waals surface area (Å²) >= 11 is 0. The highest BCUT2D eigenvalue weighted by Gasteiger charge is 2.29. The minimum absolute atomic E-state index is 0.270. The number of nitrogens with one attached hydrogen (secondary N) is 2. The number of anilines is 1. The van der Waals surface area contributed by atoms with Crippen LogP contribution in [0.25, 0.3) is 11.0 Å². The van der Waals surface area contributed by atoms with Crippen LogP contribution >= 0.6 is 0 Å². The highest BCUT2D eigenvalue weighted by Crippen LogP contribution is 2.18. The quantitative estimate of drug-likeness (QED) is 0.732. The van der Waals surface area contributed by atoms with E-state index in [1.165, 1.54) is 0 Å². The first kappa shape index (κ1) is 13.1. The standard InChI is InChI=1S/C13H15N3O3/c1-7(2)11(13(18)19)12(17)16-8-3-4-9-10(5-8)15-6-14-9/h3-7,11H,1-2H3,(H,14,15)(H,16,17)(H,18,19). The topological polar surface area (TPSA) is 95.1 Å². The predicted molar refractivity (Wildman–Crippen MR) is 70.7 cm³/mol. The van der Waals surface area contributed by atoms with E-state index in [2.05, 4.69) is 15.3 Å². The van der Waals surface area contributed by atoms with Gasteiger partial charge >= 0.3 is 5.97 Å². The summed E-state index contributed by atoms with van der Waals surface area (Å²) in [6.07, 6.45) is 1.56. The van der Waals surface area contributed by atoms with E-state index in [4.69, 9.17) is 5.11 Å². The van der Waals surface area contributed by atoms with Crippen LogP contribution in [0.2, 0.25) is 0 Å². The van der Waals surface area contributed by atoms with Gasteiger partial charge < -0.3 is 15.4 Å². The van der Waals surface area contributed by atoms with Gasteiger partial charge in [-0.2, -0.15) is 0 Å². The minimum atomic E-state index is -1.12. The smallest absolute Gasteiger partial charge is 0.316 e. The van der Waals surface area contributed by atoms with E-state index in [1.54, 1.807) is 38.4 Å². The molecule has 1 heterocycles. The van der Waals surface area contributed by atoms with Crippen molar-refractivity contribution in [3.05, 3.63) is 24.5 Å². The summed E-state index contributed by atoms with van der Waals surface area (Å²) in [6, 6.07) is 5.17. The molecule has 1 aromatic heterocycles. The fourth-order valence-electron chi connectivity index (χ4n) is 1.93. The fraction of sp³-hybridized carbons (Fsp3) is 0.308. The molecule has 19 heavy (non-hydrogen) atoms. The van der Waals surface area contributed by atoms with Crippen LogP contribution in [-0.2, 0) is 9.59 Å². The highest BCUT2D eigenvalue weighted by atomic mass is 16.4. The number of amides is 1. The maximum Gasteiger partial charge on any atom is 0.316 e. The lowest BCUT2D eigenvalue weighted by molar-refractivity contribution is -0.147. The van der Waals surface area contributed by atoms with E-state index < -0.39 is 17.8 Å². The molecule has 0 aliphatic carbocycles. The molecule has 0 radical (unpaired) electrons. The number of aromatic amines is 1. The predicted octanol–water partition coefficient (Wildman–Crippen LogP) is 1.86. The first-order valence-corrected chi connectivity index (χ1v) is 5.96. The Kier molecular flexibility index (Phi) is 3.50. The van der Waals surface area contributed by atoms with Crippen molar-refractivity contribution in [3.8, 4) is 0 Å². The number of carboxylic acid groups (broad SMARTS) is 1. The van der Waals surface area contributed by atoms with Gasteiger partial charge in [-0.15, -0.1) is 0 Å². The normalized spacial score (nSPS) is 12.6. The van der Waals surface area contributed by atoms with Crippen molar-refractivity contribution in [1.82, 2.24) is 9.97 Å². The Morgan fingerprint density at radius 1 is 1.37 bits per heavy atom. The van der Waals surface area contributed by atoms with Gasteiger partial charge in [0.1, 0.15) is 5.92 Å². The number of aliphatic carboxylic acids is 1. The number of benzene rings is 1. The summed E-state index contributed by atoms with van der Waals surface area (Å²) in [7, 11) is 0. The zero-order valence-corrected chi connectivity index (χ0v) is 10.7. The van der Waals surface area contributed by atoms with Crippen LogP contribution in [-0.4, -0.2) is 27.0 Å². The molecular formula is C13H15N3O3. The van der Waals surface area contributed by atoms with Crippen molar-refractivity contribution >= 4 is 28.6 Å². The third kappa shape index (κ3) is 2.73. The van der Waals surface area contributed by atoms with E-state index in [0.29, 0.717) is 5.69 Å². The lowest BCUT2D eigenvalue weighted by atomic mass is 9.95. The van der Waals surface area contributed by atoms with Gasteiger partial charge in [-0.3, -0.25) is 9.59 Å². The molecule has 0 saturated heterocycles. The van der Waals surface area contributed by atoms with Crippen LogP contribution in [0.4, 0.5) is 5.69 Å². The Morgan fingerprint density at radius 2 is 2.11 bits per heavy atom. The van der Waals surface area contributed by atoms with Gasteiger partial charge in [-0.1, -0.05) is 13.8 Å². The Hall–Kier alpha value is -2.37. The van der Waals surface area contributed by atoms with Crippen molar-refractivity contribution in [2.24, 2.45) is 11.8 Å². The van der Waals surface area contributed by atoms with E-state index in [9.17, 15) is 9.59 Å². The van der Waals surface area contributed by atoms with Crippen molar-refractivity contribution < 1.29 is 14.7 Å². The number of carboxylic acids is 1. The second-order valence-electron chi connectivity index (χ2n) is 4.68. The second kappa shape index (κ2) is 5.09. The number of rotatable bonds is 4. The maximum absolute atomic E-state index is 12.0. The minimum Gasteiger partial charge on any atom is -0.481 e. The van der Waals surface area contributed by atoms with Gasteiger partial charge in [-0.05, 0) is 24.1 Å². The molecular weight excluding hydrogens is 246 g/mol. The Labute approximate surface area is 109 Å². The molecule has 100 valence electrons. The number of nitrogens with zero attached hydrogens (tertiary/aromatic N) is 1. The lowest BCUT2D eigenvalue weighted by Crippen LogP contribution is -2.33. The number of fused-ring (bicyclic) bond motifs is 1. The number of H-pyrrole nitrogens is 1. The van der Waals surface area contributed by atoms with Crippen molar-refractivity contribution in [3.63, 3.8) is 0 Å². The van der Waals surface area contributed by atoms with Crippen LogP contribution in [0, 0.1) is 11.8 Å². The molecule has 6 nitrogen and oxygen atoms in total. The van der Waals surface area contributed by atoms with Gasteiger partial charge in [-0.25, -0.2) is 4.98 Å². The van der Waals surface area contributed by atoms with Crippen LogP contribution < -0.4 is 5.32 Å². The number of carbonyl (C=O) groups is 2. The Morgan fingerprint density at radius 3 is 2.74 bits per heavy atom. The molecule has 0 spiro atoms.